The maximum absolute atomic E-state index is 4.59. The average Bonchev–Trinajstić information content (AvgIpc) is 2.47. The van der Waals surface area contributed by atoms with Gasteiger partial charge in [-0.25, -0.2) is 9.97 Å². The molecule has 2 nitrogen and oxygen atoms in total. The van der Waals surface area contributed by atoms with E-state index in [1.54, 1.807) is 0 Å². The molecule has 1 rings (SSSR count). The maximum atomic E-state index is 4.59. The Balaban J connectivity index is 2.55. The van der Waals surface area contributed by atoms with Crippen LogP contribution in [0.5, 0.6) is 0 Å². The highest BCUT2D eigenvalue weighted by Gasteiger charge is 2.13. The summed E-state index contributed by atoms with van der Waals surface area (Å²) < 4.78 is 0. The predicted octanol–water partition coefficient (Wildman–Crippen LogP) is 5.28. The fourth-order valence-corrected chi connectivity index (χ4v) is 2.43. The second kappa shape index (κ2) is 9.94. The quantitative estimate of drug-likeness (QED) is 0.536. The highest BCUT2D eigenvalue weighted by atomic mass is 14.9. The second-order valence-electron chi connectivity index (χ2n) is 5.49. The molecule has 0 aliphatic carbocycles. The molecule has 0 aliphatic heterocycles. The first-order chi connectivity index (χ1) is 9.31. The second-order valence-corrected chi connectivity index (χ2v) is 5.49. The molecular weight excluding hydrogens is 232 g/mol. The molecule has 1 atom stereocenters. The van der Waals surface area contributed by atoms with Crippen molar-refractivity contribution in [2.24, 2.45) is 0 Å². The van der Waals surface area contributed by atoms with Crippen LogP contribution in [-0.4, -0.2) is 9.97 Å². The normalized spacial score (nSPS) is 12.6. The van der Waals surface area contributed by atoms with E-state index in [4.69, 9.17) is 0 Å². The van der Waals surface area contributed by atoms with Gasteiger partial charge in [0.2, 0.25) is 0 Å². The third-order valence-corrected chi connectivity index (χ3v) is 3.81. The van der Waals surface area contributed by atoms with Gasteiger partial charge in [-0.1, -0.05) is 59.3 Å². The van der Waals surface area contributed by atoms with Gasteiger partial charge in [0.15, 0.2) is 0 Å². The van der Waals surface area contributed by atoms with Crippen LogP contribution in [0.3, 0.4) is 0 Å². The van der Waals surface area contributed by atoms with E-state index in [0.29, 0.717) is 5.92 Å². The van der Waals surface area contributed by atoms with E-state index >= 15 is 0 Å². The number of hydrogen-bond acceptors (Lipinski definition) is 2. The SMILES string of the molecule is CCCCCCC(CCCC)c1ncc(CC)cn1. The highest BCUT2D eigenvalue weighted by molar-refractivity contribution is 5.07. The predicted molar refractivity (Wildman–Crippen MR) is 82.4 cm³/mol. The van der Waals surface area contributed by atoms with E-state index in [-0.39, 0.29) is 0 Å². The molecule has 0 radical (unpaired) electrons. The zero-order chi connectivity index (χ0) is 13.9. The number of unbranched alkanes of at least 4 members (excludes halogenated alkanes) is 4. The van der Waals surface area contributed by atoms with Crippen LogP contribution in [0.15, 0.2) is 12.4 Å². The summed E-state index contributed by atoms with van der Waals surface area (Å²) >= 11 is 0. The van der Waals surface area contributed by atoms with Crippen molar-refractivity contribution in [3.05, 3.63) is 23.8 Å². The Morgan fingerprint density at radius 2 is 1.47 bits per heavy atom. The van der Waals surface area contributed by atoms with Gasteiger partial charge >= 0.3 is 0 Å². The zero-order valence-electron chi connectivity index (χ0n) is 13.0. The van der Waals surface area contributed by atoms with Gasteiger partial charge in [0.05, 0.1) is 0 Å². The highest BCUT2D eigenvalue weighted by Crippen LogP contribution is 2.25. The summed E-state index contributed by atoms with van der Waals surface area (Å²) in [6, 6.07) is 0. The first kappa shape index (κ1) is 16.1. The van der Waals surface area contributed by atoms with Crippen molar-refractivity contribution in [2.45, 2.75) is 84.5 Å². The van der Waals surface area contributed by atoms with Crippen LogP contribution in [0.25, 0.3) is 0 Å². The Morgan fingerprint density at radius 1 is 0.842 bits per heavy atom. The third-order valence-electron chi connectivity index (χ3n) is 3.81. The topological polar surface area (TPSA) is 25.8 Å². The van der Waals surface area contributed by atoms with Crippen molar-refractivity contribution in [1.82, 2.24) is 9.97 Å². The summed E-state index contributed by atoms with van der Waals surface area (Å²) in [5, 5.41) is 0. The molecule has 1 aromatic heterocycles. The summed E-state index contributed by atoms with van der Waals surface area (Å²) in [6.07, 6.45) is 15.4. The van der Waals surface area contributed by atoms with Gasteiger partial charge in [-0.3, -0.25) is 0 Å². The van der Waals surface area contributed by atoms with Gasteiger partial charge in [-0.15, -0.1) is 0 Å². The minimum atomic E-state index is 0.572. The molecule has 0 amide bonds. The molecule has 1 unspecified atom stereocenters. The van der Waals surface area contributed by atoms with Crippen molar-refractivity contribution in [1.29, 1.82) is 0 Å². The number of rotatable bonds is 10. The van der Waals surface area contributed by atoms with Crippen LogP contribution in [0.1, 0.15) is 89.4 Å². The van der Waals surface area contributed by atoms with Gasteiger partial charge < -0.3 is 0 Å². The Labute approximate surface area is 119 Å². The molecule has 0 spiro atoms. The molecule has 1 heterocycles. The Bertz CT molecular complexity index is 319. The number of aromatic nitrogens is 2. The molecule has 19 heavy (non-hydrogen) atoms. The van der Waals surface area contributed by atoms with Crippen molar-refractivity contribution in [2.75, 3.05) is 0 Å². The number of nitrogens with zero attached hydrogens (tertiary/aromatic N) is 2. The van der Waals surface area contributed by atoms with Crippen LogP contribution < -0.4 is 0 Å². The lowest BCUT2D eigenvalue weighted by atomic mass is 9.94. The first-order valence-corrected chi connectivity index (χ1v) is 8.12. The summed E-state index contributed by atoms with van der Waals surface area (Å²) in [4.78, 5) is 9.18. The minimum Gasteiger partial charge on any atom is -0.241 e. The largest absolute Gasteiger partial charge is 0.241 e. The third kappa shape index (κ3) is 6.17. The van der Waals surface area contributed by atoms with Crippen molar-refractivity contribution in [3.63, 3.8) is 0 Å². The Kier molecular flexibility index (Phi) is 8.44. The monoisotopic (exact) mass is 262 g/mol. The molecule has 0 aromatic carbocycles. The fourth-order valence-electron chi connectivity index (χ4n) is 2.43. The lowest BCUT2D eigenvalue weighted by molar-refractivity contribution is 0.489. The maximum Gasteiger partial charge on any atom is 0.131 e. The van der Waals surface area contributed by atoms with E-state index < -0.39 is 0 Å². The molecule has 0 aliphatic rings. The average molecular weight is 262 g/mol. The fraction of sp³-hybridized carbons (Fsp3) is 0.765. The van der Waals surface area contributed by atoms with Gasteiger partial charge in [-0.05, 0) is 24.8 Å². The van der Waals surface area contributed by atoms with Gasteiger partial charge in [0.25, 0.3) is 0 Å². The van der Waals surface area contributed by atoms with Crippen LogP contribution in [-0.2, 0) is 6.42 Å². The molecular formula is C17H30N2. The smallest absolute Gasteiger partial charge is 0.131 e. The Hall–Kier alpha value is -0.920. The zero-order valence-corrected chi connectivity index (χ0v) is 13.0. The summed E-state index contributed by atoms with van der Waals surface area (Å²) in [5.41, 5.74) is 1.24. The molecule has 2 heteroatoms. The lowest BCUT2D eigenvalue weighted by Gasteiger charge is -2.15. The summed E-state index contributed by atoms with van der Waals surface area (Å²) in [7, 11) is 0. The summed E-state index contributed by atoms with van der Waals surface area (Å²) in [6.45, 7) is 6.67. The lowest BCUT2D eigenvalue weighted by Crippen LogP contribution is -2.05. The number of aryl methyl sites for hydroxylation is 1. The molecule has 0 N–H and O–H groups in total. The van der Waals surface area contributed by atoms with Crippen molar-refractivity contribution in [3.8, 4) is 0 Å². The number of hydrogen-bond donors (Lipinski definition) is 0. The van der Waals surface area contributed by atoms with E-state index in [9.17, 15) is 0 Å². The molecule has 108 valence electrons. The molecule has 1 aromatic rings. The standard InChI is InChI=1S/C17H30N2/c1-4-7-9-10-12-16(11-8-5-2)17-18-13-15(6-3)14-19-17/h13-14,16H,4-12H2,1-3H3. The first-order valence-electron chi connectivity index (χ1n) is 8.12. The molecule has 0 saturated carbocycles. The minimum absolute atomic E-state index is 0.572. The molecule has 0 bridgehead atoms. The van der Waals surface area contributed by atoms with Crippen LogP contribution in [0.2, 0.25) is 0 Å². The Morgan fingerprint density at radius 3 is 2.05 bits per heavy atom. The summed E-state index contributed by atoms with van der Waals surface area (Å²) in [5.74, 6) is 1.64. The molecule has 0 fully saturated rings. The van der Waals surface area contributed by atoms with Gasteiger partial charge in [0.1, 0.15) is 5.82 Å². The van der Waals surface area contributed by atoms with Crippen LogP contribution in [0, 0.1) is 0 Å². The van der Waals surface area contributed by atoms with Gasteiger partial charge in [-0.2, -0.15) is 0 Å². The van der Waals surface area contributed by atoms with E-state index in [1.807, 2.05) is 12.4 Å². The van der Waals surface area contributed by atoms with Gasteiger partial charge in [0, 0.05) is 18.3 Å². The van der Waals surface area contributed by atoms with E-state index in [2.05, 4.69) is 30.7 Å². The molecule has 0 saturated heterocycles. The van der Waals surface area contributed by atoms with E-state index in [1.165, 1.54) is 56.9 Å². The van der Waals surface area contributed by atoms with Crippen LogP contribution >= 0.6 is 0 Å². The van der Waals surface area contributed by atoms with E-state index in [0.717, 1.165) is 12.2 Å². The van der Waals surface area contributed by atoms with Crippen LogP contribution in [0.4, 0.5) is 0 Å². The van der Waals surface area contributed by atoms with Crippen molar-refractivity contribution >= 4 is 0 Å². The van der Waals surface area contributed by atoms with Crippen molar-refractivity contribution < 1.29 is 0 Å².